The van der Waals surface area contributed by atoms with Crippen molar-refractivity contribution in [3.63, 3.8) is 0 Å². The number of benzene rings is 1. The van der Waals surface area contributed by atoms with Crippen LogP contribution in [0.2, 0.25) is 0 Å². The minimum absolute atomic E-state index is 0.285. The molecule has 6 heteroatoms. The molecule has 0 spiro atoms. The number of amides is 1. The van der Waals surface area contributed by atoms with Crippen molar-refractivity contribution in [2.75, 3.05) is 26.2 Å². The number of thioether (sulfide) groups is 1. The lowest BCUT2D eigenvalue weighted by Gasteiger charge is -2.27. The molecule has 1 saturated heterocycles. The summed E-state index contributed by atoms with van der Waals surface area (Å²) < 4.78 is 13.6. The molecule has 1 fully saturated rings. The molecule has 4 nitrogen and oxygen atoms in total. The van der Waals surface area contributed by atoms with Crippen molar-refractivity contribution in [3.8, 4) is 0 Å². The third-order valence-corrected chi connectivity index (χ3v) is 4.23. The van der Waals surface area contributed by atoms with Gasteiger partial charge in [0.1, 0.15) is 5.82 Å². The summed E-state index contributed by atoms with van der Waals surface area (Å²) in [6, 6.07) is 6.41. The summed E-state index contributed by atoms with van der Waals surface area (Å²) in [5.74, 6) is -0.615. The molecule has 0 unspecified atom stereocenters. The van der Waals surface area contributed by atoms with Gasteiger partial charge in [0.05, 0.1) is 4.91 Å². The van der Waals surface area contributed by atoms with E-state index in [0.717, 1.165) is 31.3 Å². The summed E-state index contributed by atoms with van der Waals surface area (Å²) in [5.41, 5.74) is 0.417. The fraction of sp³-hybridized carbons (Fsp3) is 0.286. The molecule has 0 bridgehead atoms. The molecule has 1 aromatic rings. The van der Waals surface area contributed by atoms with Gasteiger partial charge in [0.25, 0.3) is 5.91 Å². The van der Waals surface area contributed by atoms with Crippen LogP contribution in [-0.2, 0) is 4.79 Å². The molecule has 2 aliphatic heterocycles. The maximum absolute atomic E-state index is 13.6. The van der Waals surface area contributed by atoms with E-state index in [4.69, 9.17) is 0 Å². The number of hydrogen-bond acceptors (Lipinski definition) is 4. The second-order valence-electron chi connectivity index (χ2n) is 4.57. The average Bonchev–Trinajstić information content (AvgIpc) is 2.84. The molecule has 1 amide bonds. The molecule has 2 aliphatic rings. The molecule has 2 heterocycles. The van der Waals surface area contributed by atoms with Gasteiger partial charge < -0.3 is 10.2 Å². The summed E-state index contributed by atoms with van der Waals surface area (Å²) in [4.78, 5) is 18.5. The first-order valence-corrected chi connectivity index (χ1v) is 7.28. The predicted molar refractivity (Wildman–Crippen MR) is 78.9 cm³/mol. The zero-order valence-electron chi connectivity index (χ0n) is 10.8. The van der Waals surface area contributed by atoms with Crippen molar-refractivity contribution >= 4 is 28.9 Å². The zero-order valence-corrected chi connectivity index (χ0v) is 11.6. The fourth-order valence-corrected chi connectivity index (χ4v) is 3.08. The van der Waals surface area contributed by atoms with Crippen LogP contribution >= 0.6 is 11.8 Å². The quantitative estimate of drug-likeness (QED) is 0.800. The molecule has 0 radical (unpaired) electrons. The second kappa shape index (κ2) is 5.76. The molecular formula is C14H14FN3OS. The van der Waals surface area contributed by atoms with E-state index in [2.05, 4.69) is 15.2 Å². The molecule has 0 atom stereocenters. The highest BCUT2D eigenvalue weighted by atomic mass is 32.2. The Bertz CT molecular complexity index is 594. The highest BCUT2D eigenvalue weighted by Crippen LogP contribution is 2.30. The second-order valence-corrected chi connectivity index (χ2v) is 5.58. The third kappa shape index (κ3) is 2.76. The Labute approximate surface area is 120 Å². The normalized spacial score (nSPS) is 21.4. The van der Waals surface area contributed by atoms with E-state index in [9.17, 15) is 9.18 Å². The Hall–Kier alpha value is -1.66. The Balaban J connectivity index is 1.78. The Morgan fingerprint density at radius 1 is 1.30 bits per heavy atom. The van der Waals surface area contributed by atoms with Gasteiger partial charge in [0.15, 0.2) is 5.17 Å². The SMILES string of the molecule is O=C1N=C(N2CCNCC2)S/C1=C/c1ccccc1F. The van der Waals surface area contributed by atoms with Gasteiger partial charge in [-0.2, -0.15) is 4.99 Å². The maximum atomic E-state index is 13.6. The smallest absolute Gasteiger partial charge is 0.286 e. The van der Waals surface area contributed by atoms with Gasteiger partial charge in [-0.1, -0.05) is 18.2 Å². The van der Waals surface area contributed by atoms with Crippen molar-refractivity contribution in [1.82, 2.24) is 10.2 Å². The van der Waals surface area contributed by atoms with Gasteiger partial charge in [0, 0.05) is 31.7 Å². The van der Waals surface area contributed by atoms with Crippen LogP contribution in [0.5, 0.6) is 0 Å². The first-order valence-electron chi connectivity index (χ1n) is 6.47. The van der Waals surface area contributed by atoms with E-state index in [0.29, 0.717) is 10.5 Å². The third-order valence-electron chi connectivity index (χ3n) is 3.19. The molecule has 104 valence electrons. The number of rotatable bonds is 1. The summed E-state index contributed by atoms with van der Waals surface area (Å²) in [6.07, 6.45) is 1.57. The molecule has 0 aliphatic carbocycles. The molecule has 3 rings (SSSR count). The first-order chi connectivity index (χ1) is 9.74. The van der Waals surface area contributed by atoms with Crippen molar-refractivity contribution in [3.05, 3.63) is 40.6 Å². The summed E-state index contributed by atoms with van der Waals surface area (Å²) in [5, 5.41) is 3.97. The average molecular weight is 291 g/mol. The van der Waals surface area contributed by atoms with Crippen LogP contribution in [0.3, 0.4) is 0 Å². The van der Waals surface area contributed by atoms with E-state index >= 15 is 0 Å². The maximum Gasteiger partial charge on any atom is 0.286 e. The first kappa shape index (κ1) is 13.3. The van der Waals surface area contributed by atoms with Gasteiger partial charge in [0.2, 0.25) is 0 Å². The van der Waals surface area contributed by atoms with Gasteiger partial charge in [-0.3, -0.25) is 4.79 Å². The standard InChI is InChI=1S/C14H14FN3OS/c15-11-4-2-1-3-10(11)9-12-13(19)17-14(20-12)18-7-5-16-6-8-18/h1-4,9,16H,5-8H2/b12-9+. The number of carbonyl (C=O) groups excluding carboxylic acids is 1. The van der Waals surface area contributed by atoms with E-state index < -0.39 is 0 Å². The van der Waals surface area contributed by atoms with Crippen LogP contribution in [0.4, 0.5) is 4.39 Å². The highest BCUT2D eigenvalue weighted by Gasteiger charge is 2.26. The highest BCUT2D eigenvalue weighted by molar-refractivity contribution is 8.18. The van der Waals surface area contributed by atoms with Crippen LogP contribution in [0.15, 0.2) is 34.2 Å². The Morgan fingerprint density at radius 3 is 2.80 bits per heavy atom. The van der Waals surface area contributed by atoms with Crippen molar-refractivity contribution < 1.29 is 9.18 Å². The topological polar surface area (TPSA) is 44.7 Å². The number of hydrogen-bond donors (Lipinski definition) is 1. The predicted octanol–water partition coefficient (Wildman–Crippen LogP) is 1.70. The minimum atomic E-state index is -0.330. The molecule has 20 heavy (non-hydrogen) atoms. The number of nitrogens with zero attached hydrogens (tertiary/aromatic N) is 2. The van der Waals surface area contributed by atoms with Crippen molar-refractivity contribution in [2.24, 2.45) is 4.99 Å². The summed E-state index contributed by atoms with van der Waals surface area (Å²) in [7, 11) is 0. The van der Waals surface area contributed by atoms with Crippen LogP contribution in [0, 0.1) is 5.82 Å². The van der Waals surface area contributed by atoms with Crippen LogP contribution in [0.1, 0.15) is 5.56 Å². The lowest BCUT2D eigenvalue weighted by Crippen LogP contribution is -2.45. The van der Waals surface area contributed by atoms with Crippen LogP contribution in [0.25, 0.3) is 6.08 Å². The lowest BCUT2D eigenvalue weighted by atomic mass is 10.2. The number of aliphatic imine (C=N–C) groups is 1. The van der Waals surface area contributed by atoms with E-state index in [1.807, 2.05) is 0 Å². The van der Waals surface area contributed by atoms with E-state index in [1.54, 1.807) is 24.3 Å². The van der Waals surface area contributed by atoms with Gasteiger partial charge >= 0.3 is 0 Å². The molecule has 1 aromatic carbocycles. The van der Waals surface area contributed by atoms with Crippen LogP contribution in [-0.4, -0.2) is 42.2 Å². The number of halogens is 1. The summed E-state index contributed by atoms with van der Waals surface area (Å²) >= 11 is 1.32. The van der Waals surface area contributed by atoms with Gasteiger partial charge in [-0.15, -0.1) is 0 Å². The molecular weight excluding hydrogens is 277 g/mol. The van der Waals surface area contributed by atoms with Crippen LogP contribution < -0.4 is 5.32 Å². The van der Waals surface area contributed by atoms with Gasteiger partial charge in [-0.25, -0.2) is 4.39 Å². The van der Waals surface area contributed by atoms with Gasteiger partial charge in [-0.05, 0) is 23.9 Å². The monoisotopic (exact) mass is 291 g/mol. The largest absolute Gasteiger partial charge is 0.348 e. The van der Waals surface area contributed by atoms with E-state index in [-0.39, 0.29) is 11.7 Å². The Kier molecular flexibility index (Phi) is 3.84. The van der Waals surface area contributed by atoms with Crippen molar-refractivity contribution in [2.45, 2.75) is 0 Å². The zero-order chi connectivity index (χ0) is 13.9. The molecule has 1 N–H and O–H groups in total. The summed E-state index contributed by atoms with van der Waals surface area (Å²) in [6.45, 7) is 3.46. The van der Waals surface area contributed by atoms with Crippen molar-refractivity contribution in [1.29, 1.82) is 0 Å². The number of carbonyl (C=O) groups is 1. The number of piperazine rings is 1. The fourth-order valence-electron chi connectivity index (χ4n) is 2.12. The Morgan fingerprint density at radius 2 is 2.05 bits per heavy atom. The van der Waals surface area contributed by atoms with E-state index in [1.165, 1.54) is 17.8 Å². The number of amidine groups is 1. The lowest BCUT2D eigenvalue weighted by molar-refractivity contribution is -0.113. The molecule has 0 saturated carbocycles. The number of nitrogens with one attached hydrogen (secondary N) is 1. The minimum Gasteiger partial charge on any atom is -0.348 e. The molecule has 0 aromatic heterocycles.